The third-order valence-corrected chi connectivity index (χ3v) is 5.69. The topological polar surface area (TPSA) is 111 Å². The van der Waals surface area contributed by atoms with Crippen LogP contribution in [0.25, 0.3) is 10.2 Å². The normalized spacial score (nSPS) is 10.6. The van der Waals surface area contributed by atoms with Gasteiger partial charge in [-0.2, -0.15) is 10.4 Å². The van der Waals surface area contributed by atoms with Gasteiger partial charge in [0.25, 0.3) is 0 Å². The maximum atomic E-state index is 12.4. The number of hydrogen-bond acceptors (Lipinski definition) is 5. The number of fused-ring (bicyclic) bond motifs is 1. The fourth-order valence-corrected chi connectivity index (χ4v) is 4.14. The fraction of sp³-hybridized carbons (Fsp3) is 0.130. The fourth-order valence-electron chi connectivity index (χ4n) is 3.15. The lowest BCUT2D eigenvalue weighted by atomic mass is 10.1. The predicted octanol–water partition coefficient (Wildman–Crippen LogP) is 4.17. The summed E-state index contributed by atoms with van der Waals surface area (Å²) in [4.78, 5) is 26.3. The van der Waals surface area contributed by atoms with Crippen LogP contribution in [0.5, 0.6) is 0 Å². The van der Waals surface area contributed by atoms with Crippen molar-refractivity contribution in [3.05, 3.63) is 76.2 Å². The minimum atomic E-state index is -0.187. The van der Waals surface area contributed by atoms with E-state index in [0.717, 1.165) is 26.2 Å². The van der Waals surface area contributed by atoms with Crippen molar-refractivity contribution >= 4 is 44.9 Å². The lowest BCUT2D eigenvalue weighted by Crippen LogP contribution is -2.15. The predicted molar refractivity (Wildman–Crippen MR) is 121 cm³/mol. The van der Waals surface area contributed by atoms with Crippen molar-refractivity contribution < 1.29 is 9.59 Å². The van der Waals surface area contributed by atoms with E-state index in [4.69, 9.17) is 5.26 Å². The molecule has 0 fully saturated rings. The van der Waals surface area contributed by atoms with Gasteiger partial charge in [-0.25, -0.2) is 0 Å². The highest BCUT2D eigenvalue weighted by molar-refractivity contribution is 7.18. The van der Waals surface area contributed by atoms with Crippen LogP contribution < -0.4 is 10.6 Å². The summed E-state index contributed by atoms with van der Waals surface area (Å²) >= 11 is 1.39. The van der Waals surface area contributed by atoms with Gasteiger partial charge in [-0.1, -0.05) is 35.9 Å². The van der Waals surface area contributed by atoms with Gasteiger partial charge in [-0.3, -0.25) is 14.7 Å². The van der Waals surface area contributed by atoms with Gasteiger partial charge < -0.3 is 10.6 Å². The van der Waals surface area contributed by atoms with Crippen LogP contribution in [0.1, 0.15) is 21.6 Å². The molecule has 0 atom stereocenters. The van der Waals surface area contributed by atoms with E-state index < -0.39 is 0 Å². The highest BCUT2D eigenvalue weighted by Crippen LogP contribution is 2.29. The van der Waals surface area contributed by atoms with Crippen molar-refractivity contribution in [3.63, 3.8) is 0 Å². The zero-order valence-corrected chi connectivity index (χ0v) is 17.5. The van der Waals surface area contributed by atoms with Crippen LogP contribution in [0.3, 0.4) is 0 Å². The number of aryl methyl sites for hydroxylation is 1. The van der Waals surface area contributed by atoms with E-state index in [2.05, 4.69) is 20.8 Å². The summed E-state index contributed by atoms with van der Waals surface area (Å²) in [6.07, 6.45) is 0.441. The van der Waals surface area contributed by atoms with Crippen molar-refractivity contribution in [3.8, 4) is 6.07 Å². The zero-order chi connectivity index (χ0) is 21.8. The monoisotopic (exact) mass is 429 g/mol. The molecule has 7 nitrogen and oxygen atoms in total. The molecule has 2 aromatic heterocycles. The Hall–Kier alpha value is -3.96. The number of thiophene rings is 1. The Labute approximate surface area is 182 Å². The van der Waals surface area contributed by atoms with Gasteiger partial charge in [0.05, 0.1) is 29.9 Å². The smallest absolute Gasteiger partial charge is 0.229 e. The molecule has 0 bridgehead atoms. The molecule has 154 valence electrons. The van der Waals surface area contributed by atoms with Gasteiger partial charge in [0.2, 0.25) is 11.8 Å². The number of nitrogens with one attached hydrogen (secondary N) is 3. The van der Waals surface area contributed by atoms with E-state index in [9.17, 15) is 9.59 Å². The Kier molecular flexibility index (Phi) is 5.78. The van der Waals surface area contributed by atoms with Gasteiger partial charge in [-0.05, 0) is 36.8 Å². The highest BCUT2D eigenvalue weighted by atomic mass is 32.1. The third kappa shape index (κ3) is 4.97. The van der Waals surface area contributed by atoms with E-state index >= 15 is 0 Å². The van der Waals surface area contributed by atoms with Gasteiger partial charge in [0.1, 0.15) is 10.6 Å². The molecule has 0 aliphatic heterocycles. The summed E-state index contributed by atoms with van der Waals surface area (Å²) in [5.41, 5.74) is 3.14. The van der Waals surface area contributed by atoms with Crippen LogP contribution in [0.15, 0.2) is 54.6 Å². The first-order valence-corrected chi connectivity index (χ1v) is 10.4. The summed E-state index contributed by atoms with van der Waals surface area (Å²) in [5.74, 6) is 0.196. The molecule has 0 aliphatic rings. The largest absolute Gasteiger partial charge is 0.326 e. The Morgan fingerprint density at radius 2 is 1.84 bits per heavy atom. The first-order valence-electron chi connectivity index (χ1n) is 9.62. The van der Waals surface area contributed by atoms with E-state index in [1.54, 1.807) is 24.3 Å². The molecular weight excluding hydrogens is 410 g/mol. The second-order valence-corrected chi connectivity index (χ2v) is 8.27. The number of nitrogens with zero attached hydrogens (tertiary/aromatic N) is 2. The van der Waals surface area contributed by atoms with E-state index in [-0.39, 0.29) is 24.7 Å². The van der Waals surface area contributed by atoms with Crippen molar-refractivity contribution in [2.45, 2.75) is 19.8 Å². The minimum Gasteiger partial charge on any atom is -0.326 e. The SMILES string of the molecule is Cc1ccc(CC(=O)Nc2[nH]nc3sc(CC(=O)Nc4cccc(C#N)c4)cc23)cc1. The second kappa shape index (κ2) is 8.81. The molecule has 31 heavy (non-hydrogen) atoms. The Morgan fingerprint density at radius 3 is 2.61 bits per heavy atom. The molecule has 2 heterocycles. The van der Waals surface area contributed by atoms with E-state index in [0.29, 0.717) is 17.1 Å². The Balaban J connectivity index is 1.41. The number of aromatic nitrogens is 2. The quantitative estimate of drug-likeness (QED) is 0.427. The maximum absolute atomic E-state index is 12.4. The molecular formula is C23H19N5O2S. The third-order valence-electron chi connectivity index (χ3n) is 4.66. The Bertz CT molecular complexity index is 1300. The van der Waals surface area contributed by atoms with Crippen molar-refractivity contribution in [2.24, 2.45) is 0 Å². The van der Waals surface area contributed by atoms with Gasteiger partial charge in [-0.15, -0.1) is 11.3 Å². The summed E-state index contributed by atoms with van der Waals surface area (Å²) in [6, 6.07) is 18.5. The maximum Gasteiger partial charge on any atom is 0.229 e. The molecule has 0 saturated heterocycles. The van der Waals surface area contributed by atoms with Crippen LogP contribution in [0, 0.1) is 18.3 Å². The average Bonchev–Trinajstić information content (AvgIpc) is 3.31. The van der Waals surface area contributed by atoms with Crippen molar-refractivity contribution in [1.82, 2.24) is 10.2 Å². The number of benzene rings is 2. The van der Waals surface area contributed by atoms with Gasteiger partial charge in [0, 0.05) is 10.6 Å². The molecule has 0 aliphatic carbocycles. The lowest BCUT2D eigenvalue weighted by molar-refractivity contribution is -0.116. The van der Waals surface area contributed by atoms with Crippen LogP contribution in [-0.4, -0.2) is 22.0 Å². The molecule has 2 aromatic carbocycles. The summed E-state index contributed by atoms with van der Waals surface area (Å²) in [5, 5.41) is 22.5. The Morgan fingerprint density at radius 1 is 1.06 bits per heavy atom. The first kappa shape index (κ1) is 20.3. The number of rotatable bonds is 6. The molecule has 4 aromatic rings. The lowest BCUT2D eigenvalue weighted by Gasteiger charge is -2.04. The van der Waals surface area contributed by atoms with E-state index in [1.165, 1.54) is 11.3 Å². The number of carbonyl (C=O) groups excluding carboxylic acids is 2. The summed E-state index contributed by atoms with van der Waals surface area (Å²) < 4.78 is 0. The van der Waals surface area contributed by atoms with Crippen molar-refractivity contribution in [1.29, 1.82) is 5.26 Å². The standard InChI is InChI=1S/C23H19N5O2S/c1-14-5-7-15(8-6-14)10-20(29)26-22-19-11-18(31-23(19)28-27-22)12-21(30)25-17-4-2-3-16(9-17)13-24/h2-9,11H,10,12H2,1H3,(H,25,30)(H2,26,27,28,29). The number of aromatic amines is 1. The van der Waals surface area contributed by atoms with Gasteiger partial charge >= 0.3 is 0 Å². The van der Waals surface area contributed by atoms with Gasteiger partial charge in [0.15, 0.2) is 0 Å². The first-order chi connectivity index (χ1) is 15.0. The highest BCUT2D eigenvalue weighted by Gasteiger charge is 2.15. The number of hydrogen-bond donors (Lipinski definition) is 3. The van der Waals surface area contributed by atoms with Crippen LogP contribution in [0.4, 0.5) is 11.5 Å². The minimum absolute atomic E-state index is 0.141. The molecule has 0 radical (unpaired) electrons. The molecule has 3 N–H and O–H groups in total. The number of anilines is 2. The molecule has 0 saturated carbocycles. The van der Waals surface area contributed by atoms with Crippen molar-refractivity contribution in [2.75, 3.05) is 10.6 Å². The molecule has 0 unspecified atom stereocenters. The van der Waals surface area contributed by atoms with E-state index in [1.807, 2.05) is 43.3 Å². The molecule has 4 rings (SSSR count). The number of nitriles is 1. The zero-order valence-electron chi connectivity index (χ0n) is 16.7. The molecule has 0 spiro atoms. The number of carbonyl (C=O) groups is 2. The average molecular weight is 430 g/mol. The second-order valence-electron chi connectivity index (χ2n) is 7.16. The van der Waals surface area contributed by atoms with Crippen LogP contribution in [0.2, 0.25) is 0 Å². The van der Waals surface area contributed by atoms with Crippen LogP contribution in [-0.2, 0) is 22.4 Å². The van der Waals surface area contributed by atoms with Crippen LogP contribution >= 0.6 is 11.3 Å². The molecule has 8 heteroatoms. The molecule has 2 amide bonds. The number of amides is 2. The summed E-state index contributed by atoms with van der Waals surface area (Å²) in [6.45, 7) is 2.00. The number of H-pyrrole nitrogens is 1. The summed E-state index contributed by atoms with van der Waals surface area (Å²) in [7, 11) is 0.